The van der Waals surface area contributed by atoms with Crippen LogP contribution < -0.4 is 5.73 Å². The third-order valence-corrected chi connectivity index (χ3v) is 4.80. The normalized spacial score (nSPS) is 9.50. The predicted molar refractivity (Wildman–Crippen MR) is 136 cm³/mol. The van der Waals surface area contributed by atoms with Crippen molar-refractivity contribution in [1.29, 1.82) is 0 Å². The molecule has 0 fully saturated rings. The first-order chi connectivity index (χ1) is 13.7. The van der Waals surface area contributed by atoms with Crippen molar-refractivity contribution < 1.29 is 0 Å². The molecule has 0 rings (SSSR count). The van der Waals surface area contributed by atoms with Crippen molar-refractivity contribution in [3.63, 3.8) is 0 Å². The van der Waals surface area contributed by atoms with Crippen LogP contribution in [0.3, 0.4) is 0 Å². The smallest absolute Gasteiger partial charge is 0.0134 e. The fourth-order valence-corrected chi connectivity index (χ4v) is 3.27. The summed E-state index contributed by atoms with van der Waals surface area (Å²) in [4.78, 5) is 0. The van der Waals surface area contributed by atoms with E-state index >= 15 is 0 Å². The van der Waals surface area contributed by atoms with Gasteiger partial charge in [-0.25, -0.2) is 0 Å². The maximum absolute atomic E-state index is 5.74. The number of hydrogen-bond donors (Lipinski definition) is 1. The highest BCUT2D eigenvalue weighted by Crippen LogP contribution is 2.24. The zero-order chi connectivity index (χ0) is 22.5. The lowest BCUT2D eigenvalue weighted by molar-refractivity contribution is 0.399. The first kappa shape index (κ1) is 35.2. The molecule has 1 nitrogen and oxygen atoms in total. The van der Waals surface area contributed by atoms with Gasteiger partial charge >= 0.3 is 0 Å². The Balaban J connectivity index is -0.000000434. The number of unbranched alkanes of at least 4 members (excludes halogenated alkanes) is 10. The molecule has 174 valence electrons. The average Bonchev–Trinajstić information content (AvgIpc) is 2.76. The Morgan fingerprint density at radius 1 is 0.607 bits per heavy atom. The lowest BCUT2D eigenvalue weighted by Gasteiger charge is -2.18. The molecule has 0 atom stereocenters. The lowest BCUT2D eigenvalue weighted by Crippen LogP contribution is -2.08. The van der Waals surface area contributed by atoms with Crippen molar-refractivity contribution in [2.45, 2.75) is 152 Å². The minimum Gasteiger partial charge on any atom is -0.327 e. The van der Waals surface area contributed by atoms with Crippen LogP contribution in [0.1, 0.15) is 152 Å². The second kappa shape index (κ2) is 37.5. The average molecular weight is 400 g/mol. The zero-order valence-corrected chi connectivity index (χ0v) is 21.7. The summed E-state index contributed by atoms with van der Waals surface area (Å²) in [7, 11) is 0. The molecule has 0 heterocycles. The number of nitrogens with two attached hydrogens (primary N) is 1. The SMILES string of the molecule is C=C(CN)CC(CCCCCCCC)CCCCCCCC.CC.CC.CC. The van der Waals surface area contributed by atoms with Crippen molar-refractivity contribution in [1.82, 2.24) is 0 Å². The molecule has 0 bridgehead atoms. The molecule has 0 spiro atoms. The standard InChI is InChI=1S/C21H43N.3C2H6/c1-4-6-8-10-12-14-16-21(18-20(3)19-22)17-15-13-11-9-7-5-2;3*1-2/h21H,3-19,22H2,1-2H3;3*1-2H3. The minimum atomic E-state index is 0.670. The molecule has 1 heteroatoms. The molecule has 0 aromatic rings. The van der Waals surface area contributed by atoms with Crippen LogP contribution in [0.2, 0.25) is 0 Å². The quantitative estimate of drug-likeness (QED) is 0.191. The number of rotatable bonds is 17. The monoisotopic (exact) mass is 399 g/mol. The van der Waals surface area contributed by atoms with Crippen molar-refractivity contribution in [2.75, 3.05) is 6.54 Å². The Hall–Kier alpha value is -0.300. The molecule has 0 aromatic carbocycles. The number of hydrogen-bond acceptors (Lipinski definition) is 1. The van der Waals surface area contributed by atoms with Crippen LogP contribution in [-0.2, 0) is 0 Å². The van der Waals surface area contributed by atoms with E-state index in [1.165, 1.54) is 102 Å². The van der Waals surface area contributed by atoms with Crippen molar-refractivity contribution in [3.8, 4) is 0 Å². The van der Waals surface area contributed by atoms with Gasteiger partial charge in [0.25, 0.3) is 0 Å². The molecule has 0 amide bonds. The predicted octanol–water partition coefficient (Wildman–Crippen LogP) is 10.1. The Morgan fingerprint density at radius 2 is 0.929 bits per heavy atom. The Bertz CT molecular complexity index is 218. The maximum Gasteiger partial charge on any atom is 0.0134 e. The van der Waals surface area contributed by atoms with Crippen LogP contribution in [0.5, 0.6) is 0 Å². The van der Waals surface area contributed by atoms with Gasteiger partial charge in [-0.3, -0.25) is 0 Å². The Labute approximate surface area is 182 Å². The van der Waals surface area contributed by atoms with E-state index < -0.39 is 0 Å². The van der Waals surface area contributed by atoms with Gasteiger partial charge in [0.05, 0.1) is 0 Å². The zero-order valence-electron chi connectivity index (χ0n) is 21.7. The van der Waals surface area contributed by atoms with Crippen LogP contribution >= 0.6 is 0 Å². The first-order valence-corrected chi connectivity index (χ1v) is 13.1. The molecular formula is C27H61N. The van der Waals surface area contributed by atoms with Crippen LogP contribution in [-0.4, -0.2) is 6.54 Å². The highest BCUT2D eigenvalue weighted by atomic mass is 14.5. The van der Waals surface area contributed by atoms with Gasteiger partial charge in [-0.2, -0.15) is 0 Å². The van der Waals surface area contributed by atoms with Crippen LogP contribution in [0, 0.1) is 5.92 Å². The van der Waals surface area contributed by atoms with Crippen molar-refractivity contribution >= 4 is 0 Å². The third-order valence-electron chi connectivity index (χ3n) is 4.80. The summed E-state index contributed by atoms with van der Waals surface area (Å²) < 4.78 is 0. The summed E-state index contributed by atoms with van der Waals surface area (Å²) in [6.07, 6.45) is 20.8. The molecule has 0 aliphatic carbocycles. The van der Waals surface area contributed by atoms with E-state index in [0.29, 0.717) is 6.54 Å². The first-order valence-electron chi connectivity index (χ1n) is 13.1. The van der Waals surface area contributed by atoms with Crippen molar-refractivity contribution in [2.24, 2.45) is 11.7 Å². The summed E-state index contributed by atoms with van der Waals surface area (Å²) in [5.41, 5.74) is 6.99. The molecule has 0 saturated carbocycles. The molecule has 0 radical (unpaired) electrons. The van der Waals surface area contributed by atoms with Crippen LogP contribution in [0.25, 0.3) is 0 Å². The van der Waals surface area contributed by atoms with Gasteiger partial charge in [0.1, 0.15) is 0 Å². The van der Waals surface area contributed by atoms with Gasteiger partial charge < -0.3 is 5.73 Å². The highest BCUT2D eigenvalue weighted by molar-refractivity contribution is 4.97. The fourth-order valence-electron chi connectivity index (χ4n) is 3.27. The molecule has 0 aliphatic heterocycles. The maximum atomic E-state index is 5.74. The Morgan fingerprint density at radius 3 is 1.25 bits per heavy atom. The molecule has 0 aromatic heterocycles. The lowest BCUT2D eigenvalue weighted by atomic mass is 9.89. The largest absolute Gasteiger partial charge is 0.327 e. The van der Waals surface area contributed by atoms with Crippen LogP contribution in [0.15, 0.2) is 12.2 Å². The summed E-state index contributed by atoms with van der Waals surface area (Å²) in [5.74, 6) is 0.841. The van der Waals surface area contributed by atoms with E-state index in [2.05, 4.69) is 20.4 Å². The van der Waals surface area contributed by atoms with Crippen molar-refractivity contribution in [3.05, 3.63) is 12.2 Å². The van der Waals surface area contributed by atoms with Gasteiger partial charge in [-0.15, -0.1) is 0 Å². The molecule has 0 aliphatic rings. The third kappa shape index (κ3) is 33.3. The van der Waals surface area contributed by atoms with E-state index in [4.69, 9.17) is 5.73 Å². The molecular weight excluding hydrogens is 338 g/mol. The Kier molecular flexibility index (Phi) is 47.0. The second-order valence-corrected chi connectivity index (χ2v) is 7.14. The van der Waals surface area contributed by atoms with Gasteiger partial charge in [-0.05, 0) is 12.3 Å². The summed E-state index contributed by atoms with van der Waals surface area (Å²) >= 11 is 0. The van der Waals surface area contributed by atoms with E-state index in [1.807, 2.05) is 41.5 Å². The van der Waals surface area contributed by atoms with E-state index in [0.717, 1.165) is 5.92 Å². The second-order valence-electron chi connectivity index (χ2n) is 7.14. The fraction of sp³-hybridized carbons (Fsp3) is 0.926. The van der Waals surface area contributed by atoms with E-state index in [9.17, 15) is 0 Å². The minimum absolute atomic E-state index is 0.670. The summed E-state index contributed by atoms with van der Waals surface area (Å²) in [6.45, 7) is 21.4. The molecule has 0 saturated heterocycles. The molecule has 28 heavy (non-hydrogen) atoms. The topological polar surface area (TPSA) is 26.0 Å². The highest BCUT2D eigenvalue weighted by Gasteiger charge is 2.10. The van der Waals surface area contributed by atoms with Gasteiger partial charge in [-0.1, -0.05) is 157 Å². The molecule has 2 N–H and O–H groups in total. The van der Waals surface area contributed by atoms with Gasteiger partial charge in [0, 0.05) is 6.54 Å². The summed E-state index contributed by atoms with van der Waals surface area (Å²) in [6, 6.07) is 0. The van der Waals surface area contributed by atoms with E-state index in [-0.39, 0.29) is 0 Å². The molecule has 0 unspecified atom stereocenters. The van der Waals surface area contributed by atoms with E-state index in [1.54, 1.807) is 0 Å². The van der Waals surface area contributed by atoms with Gasteiger partial charge in [0.15, 0.2) is 0 Å². The summed E-state index contributed by atoms with van der Waals surface area (Å²) in [5, 5.41) is 0. The van der Waals surface area contributed by atoms with Crippen LogP contribution in [0.4, 0.5) is 0 Å². The van der Waals surface area contributed by atoms with Gasteiger partial charge in [0.2, 0.25) is 0 Å².